The van der Waals surface area contributed by atoms with E-state index in [-0.39, 0.29) is 30.8 Å². The second kappa shape index (κ2) is 9.23. The number of amides is 2. The van der Waals surface area contributed by atoms with Crippen molar-refractivity contribution in [3.63, 3.8) is 0 Å². The van der Waals surface area contributed by atoms with E-state index in [4.69, 9.17) is 4.74 Å². The number of nitrogens with one attached hydrogen (secondary N) is 1. The molecule has 2 aliphatic rings. The molecule has 0 spiro atoms. The van der Waals surface area contributed by atoms with Gasteiger partial charge in [-0.2, -0.15) is 0 Å². The smallest absolute Gasteiger partial charge is 0.248 e. The zero-order valence-electron chi connectivity index (χ0n) is 12.7. The van der Waals surface area contributed by atoms with Crippen LogP contribution in [0.15, 0.2) is 0 Å². The van der Waals surface area contributed by atoms with E-state index in [9.17, 15) is 9.59 Å². The molecule has 0 saturated carbocycles. The first-order valence-electron chi connectivity index (χ1n) is 7.48. The summed E-state index contributed by atoms with van der Waals surface area (Å²) in [6.07, 6.45) is 3.96. The lowest BCUT2D eigenvalue weighted by Gasteiger charge is -2.34. The average molecular weight is 320 g/mol. The summed E-state index contributed by atoms with van der Waals surface area (Å²) in [5.41, 5.74) is 0. The van der Waals surface area contributed by atoms with Crippen molar-refractivity contribution >= 4 is 24.2 Å². The summed E-state index contributed by atoms with van der Waals surface area (Å²) in [6.45, 7) is 3.74. The minimum absolute atomic E-state index is 0. The van der Waals surface area contributed by atoms with Crippen molar-refractivity contribution in [3.05, 3.63) is 0 Å². The third kappa shape index (κ3) is 5.45. The van der Waals surface area contributed by atoms with Gasteiger partial charge in [-0.3, -0.25) is 9.59 Å². The van der Waals surface area contributed by atoms with Crippen molar-refractivity contribution in [1.29, 1.82) is 0 Å². The van der Waals surface area contributed by atoms with Gasteiger partial charge in [0.1, 0.15) is 6.61 Å². The largest absolute Gasteiger partial charge is 0.375 e. The first-order chi connectivity index (χ1) is 9.70. The Hall–Kier alpha value is -0.850. The fraction of sp³-hybridized carbons (Fsp3) is 0.857. The predicted molar refractivity (Wildman–Crippen MR) is 82.5 cm³/mol. The number of carbonyl (C=O) groups excluding carboxylic acids is 2. The van der Waals surface area contributed by atoms with Gasteiger partial charge in [-0.25, -0.2) is 0 Å². The molecule has 0 aromatic heterocycles. The second-order valence-corrected chi connectivity index (χ2v) is 5.53. The molecule has 0 aliphatic carbocycles. The van der Waals surface area contributed by atoms with Gasteiger partial charge in [0.25, 0.3) is 0 Å². The summed E-state index contributed by atoms with van der Waals surface area (Å²) < 4.78 is 4.85. The highest BCUT2D eigenvalue weighted by Crippen LogP contribution is 2.12. The highest BCUT2D eigenvalue weighted by Gasteiger charge is 2.24. The van der Waals surface area contributed by atoms with E-state index in [1.807, 2.05) is 4.90 Å². The molecular formula is C14H26ClN3O3. The van der Waals surface area contributed by atoms with Crippen molar-refractivity contribution in [2.45, 2.75) is 31.7 Å². The molecule has 0 radical (unpaired) electrons. The summed E-state index contributed by atoms with van der Waals surface area (Å²) in [5.74, 6) is 0.229. The Bertz CT molecular complexity index is 340. The molecule has 2 rings (SSSR count). The maximum absolute atomic E-state index is 12.1. The number of halogens is 1. The number of piperazine rings is 1. The zero-order chi connectivity index (χ0) is 14.4. The number of hydrogen-bond donors (Lipinski definition) is 1. The van der Waals surface area contributed by atoms with Gasteiger partial charge < -0.3 is 19.9 Å². The number of rotatable bonds is 5. The van der Waals surface area contributed by atoms with Crippen LogP contribution in [0.25, 0.3) is 0 Å². The Morgan fingerprint density at radius 1 is 1.14 bits per heavy atom. The molecule has 2 aliphatic heterocycles. The van der Waals surface area contributed by atoms with Crippen molar-refractivity contribution in [2.24, 2.45) is 0 Å². The van der Waals surface area contributed by atoms with Crippen LogP contribution in [0.1, 0.15) is 25.7 Å². The quantitative estimate of drug-likeness (QED) is 0.789. The maximum Gasteiger partial charge on any atom is 0.248 e. The van der Waals surface area contributed by atoms with Crippen molar-refractivity contribution in [3.8, 4) is 0 Å². The van der Waals surface area contributed by atoms with Crippen LogP contribution >= 0.6 is 12.4 Å². The van der Waals surface area contributed by atoms with E-state index < -0.39 is 0 Å². The molecule has 2 saturated heterocycles. The average Bonchev–Trinajstić information content (AvgIpc) is 2.98. The molecule has 0 aromatic carbocycles. The molecule has 1 N–H and O–H groups in total. The summed E-state index contributed by atoms with van der Waals surface area (Å²) in [5, 5.41) is 3.41. The Morgan fingerprint density at radius 3 is 2.29 bits per heavy atom. The van der Waals surface area contributed by atoms with Crippen molar-refractivity contribution < 1.29 is 14.3 Å². The molecule has 6 nitrogen and oxygen atoms in total. The molecule has 2 fully saturated rings. The SMILES string of the molecule is COCC(=O)N1CCN(C(=O)CCC2CCCN2)CC1.Cl. The number of hydrogen-bond acceptors (Lipinski definition) is 4. The van der Waals surface area contributed by atoms with Crippen LogP contribution in [0.2, 0.25) is 0 Å². The zero-order valence-corrected chi connectivity index (χ0v) is 13.5. The standard InChI is InChI=1S/C14H25N3O3.ClH/c1-20-11-14(19)17-9-7-16(8-10-17)13(18)5-4-12-3-2-6-15-12;/h12,15H,2-11H2,1H3;1H. The van der Waals surface area contributed by atoms with Gasteiger partial charge in [0.05, 0.1) is 0 Å². The lowest BCUT2D eigenvalue weighted by molar-refractivity contribution is -0.141. The number of nitrogens with zero attached hydrogens (tertiary/aromatic N) is 2. The lowest BCUT2D eigenvalue weighted by atomic mass is 10.1. The monoisotopic (exact) mass is 319 g/mol. The fourth-order valence-electron chi connectivity index (χ4n) is 2.88. The third-order valence-corrected chi connectivity index (χ3v) is 4.12. The van der Waals surface area contributed by atoms with Gasteiger partial charge >= 0.3 is 0 Å². The number of carbonyl (C=O) groups is 2. The van der Waals surface area contributed by atoms with Crippen LogP contribution in [0.5, 0.6) is 0 Å². The summed E-state index contributed by atoms with van der Waals surface area (Å²) in [6, 6.07) is 0.517. The second-order valence-electron chi connectivity index (χ2n) is 5.53. The molecular weight excluding hydrogens is 294 g/mol. The molecule has 0 aromatic rings. The van der Waals surface area contributed by atoms with Crippen molar-refractivity contribution in [2.75, 3.05) is 46.4 Å². The van der Waals surface area contributed by atoms with E-state index in [2.05, 4.69) is 5.32 Å². The lowest BCUT2D eigenvalue weighted by Crippen LogP contribution is -2.51. The number of ether oxygens (including phenoxy) is 1. The van der Waals surface area contributed by atoms with E-state index >= 15 is 0 Å². The van der Waals surface area contributed by atoms with E-state index in [0.717, 1.165) is 13.0 Å². The van der Waals surface area contributed by atoms with Crippen LogP contribution in [0.4, 0.5) is 0 Å². The van der Waals surface area contributed by atoms with Crippen LogP contribution < -0.4 is 5.32 Å². The normalized spacial score (nSPS) is 22.0. The van der Waals surface area contributed by atoms with Gasteiger partial charge in [0.15, 0.2) is 0 Å². The minimum Gasteiger partial charge on any atom is -0.375 e. The molecule has 122 valence electrons. The first kappa shape index (κ1) is 18.2. The number of methoxy groups -OCH3 is 1. The summed E-state index contributed by atoms with van der Waals surface area (Å²) >= 11 is 0. The van der Waals surface area contributed by atoms with Crippen LogP contribution in [0.3, 0.4) is 0 Å². The van der Waals surface area contributed by atoms with Gasteiger partial charge in [0, 0.05) is 45.8 Å². The van der Waals surface area contributed by atoms with Gasteiger partial charge in [-0.15, -0.1) is 12.4 Å². The highest BCUT2D eigenvalue weighted by atomic mass is 35.5. The van der Waals surface area contributed by atoms with Gasteiger partial charge in [-0.1, -0.05) is 0 Å². The fourth-order valence-corrected chi connectivity index (χ4v) is 2.88. The molecule has 7 heteroatoms. The van der Waals surface area contributed by atoms with Gasteiger partial charge in [-0.05, 0) is 25.8 Å². The van der Waals surface area contributed by atoms with E-state index in [0.29, 0.717) is 38.6 Å². The molecule has 1 atom stereocenters. The minimum atomic E-state index is 0. The molecule has 2 amide bonds. The Morgan fingerprint density at radius 2 is 1.76 bits per heavy atom. The first-order valence-corrected chi connectivity index (χ1v) is 7.48. The van der Waals surface area contributed by atoms with E-state index in [1.54, 1.807) is 4.90 Å². The Balaban J connectivity index is 0.00000220. The van der Waals surface area contributed by atoms with Crippen molar-refractivity contribution in [1.82, 2.24) is 15.1 Å². The van der Waals surface area contributed by atoms with E-state index in [1.165, 1.54) is 20.0 Å². The molecule has 21 heavy (non-hydrogen) atoms. The summed E-state index contributed by atoms with van der Waals surface area (Å²) in [4.78, 5) is 27.4. The van der Waals surface area contributed by atoms with Crippen LogP contribution in [-0.4, -0.2) is 74.1 Å². The van der Waals surface area contributed by atoms with Crippen LogP contribution in [0, 0.1) is 0 Å². The third-order valence-electron chi connectivity index (χ3n) is 4.12. The molecule has 2 heterocycles. The maximum atomic E-state index is 12.1. The summed E-state index contributed by atoms with van der Waals surface area (Å²) in [7, 11) is 1.52. The Kier molecular flexibility index (Phi) is 8.00. The Labute approximate surface area is 132 Å². The molecule has 1 unspecified atom stereocenters. The molecule has 0 bridgehead atoms. The van der Waals surface area contributed by atoms with Crippen LogP contribution in [-0.2, 0) is 14.3 Å². The highest BCUT2D eigenvalue weighted by molar-refractivity contribution is 5.85. The predicted octanol–water partition coefficient (Wildman–Crippen LogP) is 0.258. The van der Waals surface area contributed by atoms with Gasteiger partial charge in [0.2, 0.25) is 11.8 Å². The topological polar surface area (TPSA) is 61.9 Å².